The van der Waals surface area contributed by atoms with Gasteiger partial charge >= 0.3 is 6.18 Å². The summed E-state index contributed by atoms with van der Waals surface area (Å²) < 4.78 is 42.4. The van der Waals surface area contributed by atoms with E-state index >= 15 is 0 Å². The fourth-order valence-electron chi connectivity index (χ4n) is 5.18. The van der Waals surface area contributed by atoms with Gasteiger partial charge in [0.2, 0.25) is 0 Å². The molecule has 2 aromatic heterocycles. The van der Waals surface area contributed by atoms with Crippen LogP contribution in [0.4, 0.5) is 24.8 Å². The third-order valence-electron chi connectivity index (χ3n) is 6.97. The SMILES string of the molecule is C[C@@H](Nc1cc(-n2nc(N3CC4CC3CN4)c3ccc(C(F)(F)F)cc32)ccn1)c1ccccc1. The summed E-state index contributed by atoms with van der Waals surface area (Å²) >= 11 is 0. The van der Waals surface area contributed by atoms with Gasteiger partial charge in [0.25, 0.3) is 0 Å². The van der Waals surface area contributed by atoms with Gasteiger partial charge in [-0.05, 0) is 43.2 Å². The Morgan fingerprint density at radius 2 is 1.91 bits per heavy atom. The van der Waals surface area contributed by atoms with Crippen molar-refractivity contribution in [3.05, 3.63) is 78.0 Å². The zero-order valence-electron chi connectivity index (χ0n) is 19.1. The first-order valence-electron chi connectivity index (χ1n) is 11.7. The molecule has 3 atom stereocenters. The van der Waals surface area contributed by atoms with Crippen molar-refractivity contribution >= 4 is 22.5 Å². The van der Waals surface area contributed by atoms with Crippen LogP contribution in [-0.4, -0.2) is 39.9 Å². The van der Waals surface area contributed by atoms with Crippen molar-refractivity contribution in [3.63, 3.8) is 0 Å². The molecule has 0 amide bonds. The van der Waals surface area contributed by atoms with Gasteiger partial charge in [-0.1, -0.05) is 30.3 Å². The van der Waals surface area contributed by atoms with Crippen LogP contribution >= 0.6 is 0 Å². The second kappa shape index (κ2) is 8.27. The summed E-state index contributed by atoms with van der Waals surface area (Å²) in [7, 11) is 0. The molecule has 2 N–H and O–H groups in total. The van der Waals surface area contributed by atoms with Crippen LogP contribution in [0.3, 0.4) is 0 Å². The molecule has 2 saturated heterocycles. The first-order chi connectivity index (χ1) is 16.9. The van der Waals surface area contributed by atoms with Crippen molar-refractivity contribution in [3.8, 4) is 5.69 Å². The fourth-order valence-corrected chi connectivity index (χ4v) is 5.18. The quantitative estimate of drug-likeness (QED) is 0.415. The van der Waals surface area contributed by atoms with E-state index in [2.05, 4.69) is 20.5 Å². The molecule has 4 heterocycles. The Morgan fingerprint density at radius 3 is 2.63 bits per heavy atom. The Kier molecular flexibility index (Phi) is 5.17. The van der Waals surface area contributed by atoms with Gasteiger partial charge < -0.3 is 15.5 Å². The maximum Gasteiger partial charge on any atom is 0.416 e. The lowest BCUT2D eigenvalue weighted by Gasteiger charge is -2.27. The molecule has 2 aliphatic rings. The molecule has 180 valence electrons. The monoisotopic (exact) mass is 478 g/mol. The van der Waals surface area contributed by atoms with Gasteiger partial charge in [0.05, 0.1) is 16.8 Å². The van der Waals surface area contributed by atoms with Gasteiger partial charge in [-0.15, -0.1) is 5.10 Å². The summed E-state index contributed by atoms with van der Waals surface area (Å²) in [6.45, 7) is 3.70. The van der Waals surface area contributed by atoms with Gasteiger partial charge in [-0.25, -0.2) is 9.67 Å². The highest BCUT2D eigenvalue weighted by molar-refractivity contribution is 5.93. The molecular formula is C26H25F3N6. The second-order valence-corrected chi connectivity index (χ2v) is 9.29. The Labute approximate surface area is 200 Å². The lowest BCUT2D eigenvalue weighted by molar-refractivity contribution is -0.137. The van der Waals surface area contributed by atoms with Crippen molar-refractivity contribution < 1.29 is 13.2 Å². The van der Waals surface area contributed by atoms with E-state index in [1.54, 1.807) is 23.0 Å². The van der Waals surface area contributed by atoms with Crippen LogP contribution in [0.25, 0.3) is 16.6 Å². The van der Waals surface area contributed by atoms with Crippen molar-refractivity contribution in [2.45, 2.75) is 37.6 Å². The number of pyridine rings is 1. The molecule has 2 fully saturated rings. The number of nitrogens with one attached hydrogen (secondary N) is 2. The highest BCUT2D eigenvalue weighted by Gasteiger charge is 2.40. The molecular weight excluding hydrogens is 453 g/mol. The van der Waals surface area contributed by atoms with Crippen LogP contribution < -0.4 is 15.5 Å². The Morgan fingerprint density at radius 1 is 1.09 bits per heavy atom. The van der Waals surface area contributed by atoms with Crippen molar-refractivity contribution in [1.29, 1.82) is 0 Å². The van der Waals surface area contributed by atoms with Crippen molar-refractivity contribution in [1.82, 2.24) is 20.1 Å². The second-order valence-electron chi connectivity index (χ2n) is 9.29. The van der Waals surface area contributed by atoms with Crippen LogP contribution in [0.2, 0.25) is 0 Å². The molecule has 0 radical (unpaired) electrons. The third-order valence-corrected chi connectivity index (χ3v) is 6.97. The van der Waals surface area contributed by atoms with Crippen LogP contribution in [0.15, 0.2) is 66.9 Å². The molecule has 6 rings (SSSR count). The number of anilines is 2. The first kappa shape index (κ1) is 21.9. The molecule has 35 heavy (non-hydrogen) atoms. The average Bonchev–Trinajstić information content (AvgIpc) is 3.58. The summed E-state index contributed by atoms with van der Waals surface area (Å²) in [5, 5.41) is 12.4. The standard InChI is InChI=1S/C26H25F3N6/c1-16(17-5-3-2-4-6-17)32-24-13-20(9-10-30-24)35-23-11-18(26(27,28)29)7-8-22(23)25(33-35)34-15-19-12-21(34)14-31-19/h2-11,13,16,19,21,31H,12,14-15H2,1H3,(H,30,32)/t16-,19?,21?/m1/s1. The Bertz CT molecular complexity index is 1370. The van der Waals surface area contributed by atoms with E-state index in [0.717, 1.165) is 42.3 Å². The van der Waals surface area contributed by atoms with E-state index < -0.39 is 11.7 Å². The van der Waals surface area contributed by atoms with E-state index in [1.165, 1.54) is 6.07 Å². The van der Waals surface area contributed by atoms with Gasteiger partial charge in [0, 0.05) is 48.9 Å². The van der Waals surface area contributed by atoms with Crippen LogP contribution in [0.5, 0.6) is 0 Å². The summed E-state index contributed by atoms with van der Waals surface area (Å²) in [6, 6.07) is 18.2. The number of halogens is 3. The molecule has 2 aromatic carbocycles. The van der Waals surface area contributed by atoms with Crippen molar-refractivity contribution in [2.24, 2.45) is 0 Å². The Balaban J connectivity index is 1.42. The van der Waals surface area contributed by atoms with E-state index in [1.807, 2.05) is 43.3 Å². The molecule has 2 aliphatic heterocycles. The minimum absolute atomic E-state index is 0.00774. The van der Waals surface area contributed by atoms with Gasteiger partial charge in [0.1, 0.15) is 5.82 Å². The highest BCUT2D eigenvalue weighted by Crippen LogP contribution is 2.38. The van der Waals surface area contributed by atoms with E-state index in [4.69, 9.17) is 5.10 Å². The number of benzene rings is 2. The number of fused-ring (bicyclic) bond motifs is 3. The molecule has 2 unspecified atom stereocenters. The number of piperazine rings is 1. The molecule has 2 bridgehead atoms. The van der Waals surface area contributed by atoms with Crippen LogP contribution in [0.1, 0.15) is 30.5 Å². The number of hydrogen-bond acceptors (Lipinski definition) is 5. The molecule has 4 aromatic rings. The highest BCUT2D eigenvalue weighted by atomic mass is 19.4. The topological polar surface area (TPSA) is 58.0 Å². The smallest absolute Gasteiger partial charge is 0.363 e. The minimum Gasteiger partial charge on any atom is -0.363 e. The molecule has 6 nitrogen and oxygen atoms in total. The predicted octanol–water partition coefficient (Wildman–Crippen LogP) is 5.16. The average molecular weight is 479 g/mol. The van der Waals surface area contributed by atoms with E-state index in [0.29, 0.717) is 29.1 Å². The molecule has 0 spiro atoms. The zero-order valence-corrected chi connectivity index (χ0v) is 19.1. The van der Waals surface area contributed by atoms with Gasteiger partial charge in [-0.3, -0.25) is 0 Å². The summed E-state index contributed by atoms with van der Waals surface area (Å²) in [5.41, 5.74) is 1.51. The maximum absolute atomic E-state index is 13.6. The van der Waals surface area contributed by atoms with Gasteiger partial charge in [0.15, 0.2) is 5.82 Å². The van der Waals surface area contributed by atoms with E-state index in [9.17, 15) is 13.2 Å². The number of alkyl halides is 3. The number of rotatable bonds is 5. The van der Waals surface area contributed by atoms with E-state index in [-0.39, 0.29) is 6.04 Å². The largest absolute Gasteiger partial charge is 0.416 e. The zero-order chi connectivity index (χ0) is 24.2. The third kappa shape index (κ3) is 3.99. The molecule has 9 heteroatoms. The first-order valence-corrected chi connectivity index (χ1v) is 11.7. The van der Waals surface area contributed by atoms with Gasteiger partial charge in [-0.2, -0.15) is 13.2 Å². The van der Waals surface area contributed by atoms with Crippen molar-refractivity contribution in [2.75, 3.05) is 23.3 Å². The summed E-state index contributed by atoms with van der Waals surface area (Å²) in [6.07, 6.45) is -1.76. The number of nitrogens with zero attached hydrogens (tertiary/aromatic N) is 4. The Hall–Kier alpha value is -3.59. The maximum atomic E-state index is 13.6. The lowest BCUT2D eigenvalue weighted by Crippen LogP contribution is -2.43. The predicted molar refractivity (Wildman–Crippen MR) is 130 cm³/mol. The summed E-state index contributed by atoms with van der Waals surface area (Å²) in [5.74, 6) is 1.35. The normalized spacial score (nSPS) is 20.5. The minimum atomic E-state index is -4.43. The molecule has 0 saturated carbocycles. The number of aromatic nitrogens is 3. The van der Waals surface area contributed by atoms with Crippen LogP contribution in [-0.2, 0) is 6.18 Å². The molecule has 0 aliphatic carbocycles. The number of hydrogen-bond donors (Lipinski definition) is 2. The van der Waals surface area contributed by atoms with Crippen LogP contribution in [0, 0.1) is 0 Å². The lowest BCUT2D eigenvalue weighted by atomic mass is 10.1. The summed E-state index contributed by atoms with van der Waals surface area (Å²) in [4.78, 5) is 6.66. The fraction of sp³-hybridized carbons (Fsp3) is 0.308.